The molecule has 1 unspecified atom stereocenters. The maximum atomic E-state index is 9.62. The van der Waals surface area contributed by atoms with Gasteiger partial charge in [-0.3, -0.25) is 4.68 Å². The van der Waals surface area contributed by atoms with Crippen LogP contribution in [-0.2, 0) is 11.2 Å². The number of hydrogen-bond acceptors (Lipinski definition) is 3. The lowest BCUT2D eigenvalue weighted by atomic mass is 9.83. The second-order valence-electron chi connectivity index (χ2n) is 6.22. The van der Waals surface area contributed by atoms with Crippen LogP contribution in [0.25, 0.3) is 0 Å². The molecule has 19 heavy (non-hydrogen) atoms. The van der Waals surface area contributed by atoms with E-state index in [1.54, 1.807) is 0 Å². The van der Waals surface area contributed by atoms with Crippen LogP contribution in [0.4, 0.5) is 0 Å². The Morgan fingerprint density at radius 1 is 1.37 bits per heavy atom. The summed E-state index contributed by atoms with van der Waals surface area (Å²) in [5, 5.41) is 14.4. The fourth-order valence-corrected chi connectivity index (χ4v) is 3.37. The van der Waals surface area contributed by atoms with Crippen LogP contribution in [-0.4, -0.2) is 34.7 Å². The van der Waals surface area contributed by atoms with Crippen molar-refractivity contribution in [3.8, 4) is 0 Å². The standard InChI is InChI=1S/C15H24N2O2/c18-11-15(7-9-19-12-15)10-13-6-8-17(16-13)14-4-2-1-3-5-14/h6,8,14,18H,1-5,7,9-12H2. The van der Waals surface area contributed by atoms with E-state index in [1.165, 1.54) is 32.1 Å². The van der Waals surface area contributed by atoms with E-state index < -0.39 is 0 Å². The highest BCUT2D eigenvalue weighted by Crippen LogP contribution is 2.32. The lowest BCUT2D eigenvalue weighted by Crippen LogP contribution is -2.28. The van der Waals surface area contributed by atoms with Gasteiger partial charge in [0.05, 0.1) is 24.9 Å². The van der Waals surface area contributed by atoms with Crippen molar-refractivity contribution in [2.75, 3.05) is 19.8 Å². The molecule has 1 aliphatic heterocycles. The Balaban J connectivity index is 1.67. The van der Waals surface area contributed by atoms with Crippen molar-refractivity contribution in [2.45, 2.75) is 51.0 Å². The van der Waals surface area contributed by atoms with Crippen molar-refractivity contribution >= 4 is 0 Å². The molecule has 1 saturated heterocycles. The summed E-state index contributed by atoms with van der Waals surface area (Å²) in [7, 11) is 0. The highest BCUT2D eigenvalue weighted by Gasteiger charge is 2.35. The van der Waals surface area contributed by atoms with Crippen molar-refractivity contribution in [1.82, 2.24) is 9.78 Å². The maximum absolute atomic E-state index is 9.62. The summed E-state index contributed by atoms with van der Waals surface area (Å²) in [4.78, 5) is 0. The molecule has 0 amide bonds. The fourth-order valence-electron chi connectivity index (χ4n) is 3.37. The molecule has 2 heterocycles. The van der Waals surface area contributed by atoms with Gasteiger partial charge in [-0.25, -0.2) is 0 Å². The third kappa shape index (κ3) is 2.84. The van der Waals surface area contributed by atoms with Gasteiger partial charge < -0.3 is 9.84 Å². The van der Waals surface area contributed by atoms with Gasteiger partial charge in [0.2, 0.25) is 0 Å². The third-order valence-corrected chi connectivity index (χ3v) is 4.69. The van der Waals surface area contributed by atoms with Crippen LogP contribution >= 0.6 is 0 Å². The molecule has 106 valence electrons. The zero-order valence-electron chi connectivity index (χ0n) is 11.6. The predicted molar refractivity (Wildman–Crippen MR) is 73.0 cm³/mol. The van der Waals surface area contributed by atoms with Crippen LogP contribution in [0.2, 0.25) is 0 Å². The Morgan fingerprint density at radius 2 is 2.21 bits per heavy atom. The van der Waals surface area contributed by atoms with Crippen molar-refractivity contribution in [3.05, 3.63) is 18.0 Å². The van der Waals surface area contributed by atoms with E-state index in [0.29, 0.717) is 12.6 Å². The molecule has 2 aliphatic rings. The molecular weight excluding hydrogens is 240 g/mol. The summed E-state index contributed by atoms with van der Waals surface area (Å²) in [6, 6.07) is 2.71. The van der Waals surface area contributed by atoms with E-state index in [9.17, 15) is 5.11 Å². The molecule has 1 N–H and O–H groups in total. The van der Waals surface area contributed by atoms with E-state index in [-0.39, 0.29) is 12.0 Å². The average molecular weight is 264 g/mol. The monoisotopic (exact) mass is 264 g/mol. The fraction of sp³-hybridized carbons (Fsp3) is 0.800. The van der Waals surface area contributed by atoms with Crippen LogP contribution in [0.1, 0.15) is 50.3 Å². The zero-order chi connectivity index (χ0) is 13.1. The number of aliphatic hydroxyl groups is 1. The average Bonchev–Trinajstić information content (AvgIpc) is 3.10. The molecule has 3 rings (SSSR count). The van der Waals surface area contributed by atoms with Gasteiger partial charge in [0.15, 0.2) is 0 Å². The van der Waals surface area contributed by atoms with Crippen LogP contribution < -0.4 is 0 Å². The largest absolute Gasteiger partial charge is 0.396 e. The van der Waals surface area contributed by atoms with Gasteiger partial charge in [0, 0.05) is 24.6 Å². The lowest BCUT2D eigenvalue weighted by Gasteiger charge is -2.24. The third-order valence-electron chi connectivity index (χ3n) is 4.69. The molecule has 1 atom stereocenters. The minimum Gasteiger partial charge on any atom is -0.396 e. The van der Waals surface area contributed by atoms with E-state index >= 15 is 0 Å². The van der Waals surface area contributed by atoms with Crippen molar-refractivity contribution < 1.29 is 9.84 Å². The van der Waals surface area contributed by atoms with E-state index in [2.05, 4.69) is 16.9 Å². The first-order chi connectivity index (χ1) is 9.31. The molecule has 0 bridgehead atoms. The predicted octanol–water partition coefficient (Wildman–Crippen LogP) is 2.33. The molecule has 1 aromatic rings. The number of nitrogens with zero attached hydrogens (tertiary/aromatic N) is 2. The van der Waals surface area contributed by atoms with Gasteiger partial charge in [-0.2, -0.15) is 5.10 Å². The highest BCUT2D eigenvalue weighted by molar-refractivity contribution is 5.05. The normalized spacial score (nSPS) is 28.9. The summed E-state index contributed by atoms with van der Waals surface area (Å²) in [5.41, 5.74) is 1.01. The minimum atomic E-state index is -0.0915. The SMILES string of the molecule is OCC1(Cc2ccn(C3CCCCC3)n2)CCOC1. The second kappa shape index (κ2) is 5.63. The van der Waals surface area contributed by atoms with Crippen molar-refractivity contribution in [2.24, 2.45) is 5.41 Å². The van der Waals surface area contributed by atoms with Crippen molar-refractivity contribution in [3.63, 3.8) is 0 Å². The summed E-state index contributed by atoms with van der Waals surface area (Å²) in [5.74, 6) is 0. The van der Waals surface area contributed by atoms with E-state index in [1.807, 2.05) is 0 Å². The number of aromatic nitrogens is 2. The van der Waals surface area contributed by atoms with Gasteiger partial charge in [-0.15, -0.1) is 0 Å². The van der Waals surface area contributed by atoms with Crippen LogP contribution in [0.15, 0.2) is 12.3 Å². The Hall–Kier alpha value is -0.870. The molecule has 0 radical (unpaired) electrons. The molecule has 0 spiro atoms. The first-order valence-corrected chi connectivity index (χ1v) is 7.54. The van der Waals surface area contributed by atoms with Crippen LogP contribution in [0, 0.1) is 5.41 Å². The van der Waals surface area contributed by atoms with Gasteiger partial charge in [-0.1, -0.05) is 19.3 Å². The Bertz CT molecular complexity index is 404. The van der Waals surface area contributed by atoms with Crippen LogP contribution in [0.3, 0.4) is 0 Å². The molecular formula is C15H24N2O2. The summed E-state index contributed by atoms with van der Waals surface area (Å²) < 4.78 is 7.60. The first-order valence-electron chi connectivity index (χ1n) is 7.54. The number of ether oxygens (including phenoxy) is 1. The minimum absolute atomic E-state index is 0.0915. The molecule has 1 aliphatic carbocycles. The molecule has 0 aromatic carbocycles. The first kappa shape index (κ1) is 13.1. The zero-order valence-corrected chi connectivity index (χ0v) is 11.6. The van der Waals surface area contributed by atoms with Gasteiger partial charge in [0.1, 0.15) is 0 Å². The summed E-state index contributed by atoms with van der Waals surface area (Å²) in [6.07, 6.45) is 10.4. The smallest absolute Gasteiger partial charge is 0.0632 e. The highest BCUT2D eigenvalue weighted by atomic mass is 16.5. The van der Waals surface area contributed by atoms with E-state index in [0.717, 1.165) is 25.1 Å². The summed E-state index contributed by atoms with van der Waals surface area (Å²) >= 11 is 0. The van der Waals surface area contributed by atoms with Gasteiger partial charge in [0.25, 0.3) is 0 Å². The second-order valence-corrected chi connectivity index (χ2v) is 6.22. The maximum Gasteiger partial charge on any atom is 0.0632 e. The van der Waals surface area contributed by atoms with Gasteiger partial charge in [-0.05, 0) is 25.3 Å². The molecule has 1 aromatic heterocycles. The Morgan fingerprint density at radius 3 is 2.89 bits per heavy atom. The topological polar surface area (TPSA) is 47.3 Å². The molecule has 4 nitrogen and oxygen atoms in total. The Kier molecular flexibility index (Phi) is 3.89. The molecule has 1 saturated carbocycles. The number of aliphatic hydroxyl groups excluding tert-OH is 1. The number of hydrogen-bond donors (Lipinski definition) is 1. The number of rotatable bonds is 4. The Labute approximate surface area is 114 Å². The summed E-state index contributed by atoms with van der Waals surface area (Å²) in [6.45, 7) is 1.63. The van der Waals surface area contributed by atoms with Crippen molar-refractivity contribution in [1.29, 1.82) is 0 Å². The quantitative estimate of drug-likeness (QED) is 0.908. The lowest BCUT2D eigenvalue weighted by molar-refractivity contribution is 0.0925. The molecule has 4 heteroatoms. The van der Waals surface area contributed by atoms with Crippen LogP contribution in [0.5, 0.6) is 0 Å². The van der Waals surface area contributed by atoms with Gasteiger partial charge >= 0.3 is 0 Å². The molecule has 2 fully saturated rings. The van der Waals surface area contributed by atoms with E-state index in [4.69, 9.17) is 9.84 Å².